The molecule has 0 aromatic heterocycles. The molecule has 0 aliphatic rings. The third-order valence-electron chi connectivity index (χ3n) is 2.60. The van der Waals surface area contributed by atoms with Crippen LogP contribution in [0.25, 0.3) is 0 Å². The fourth-order valence-electron chi connectivity index (χ4n) is 1.71. The number of rotatable bonds is 4. The Labute approximate surface area is 105 Å². The molecule has 0 unspecified atom stereocenters. The van der Waals surface area contributed by atoms with Crippen LogP contribution in [0.2, 0.25) is 0 Å². The van der Waals surface area contributed by atoms with E-state index in [2.05, 4.69) is 5.32 Å². The molecule has 0 radical (unpaired) electrons. The van der Waals surface area contributed by atoms with Crippen molar-refractivity contribution in [3.05, 3.63) is 53.8 Å². The molecule has 2 rings (SSSR count). The fraction of sp³-hybridized carbons (Fsp3) is 0.143. The van der Waals surface area contributed by atoms with E-state index in [9.17, 15) is 4.39 Å². The van der Waals surface area contributed by atoms with Crippen molar-refractivity contribution in [1.82, 2.24) is 0 Å². The monoisotopic (exact) mass is 246 g/mol. The van der Waals surface area contributed by atoms with E-state index in [0.29, 0.717) is 18.0 Å². The lowest BCUT2D eigenvalue weighted by molar-refractivity contribution is 0.416. The molecule has 0 saturated heterocycles. The van der Waals surface area contributed by atoms with E-state index in [4.69, 9.17) is 10.5 Å². The van der Waals surface area contributed by atoms with Gasteiger partial charge in [-0.1, -0.05) is 12.1 Å². The number of nitrogens with one attached hydrogen (secondary N) is 1. The molecule has 3 N–H and O–H groups in total. The van der Waals surface area contributed by atoms with Gasteiger partial charge in [0.15, 0.2) is 0 Å². The zero-order valence-corrected chi connectivity index (χ0v) is 10.1. The number of nitrogens with two attached hydrogens (primary N) is 1. The highest BCUT2D eigenvalue weighted by Gasteiger charge is 2.03. The highest BCUT2D eigenvalue weighted by molar-refractivity contribution is 5.63. The Bertz CT molecular complexity index is 543. The van der Waals surface area contributed by atoms with Crippen molar-refractivity contribution < 1.29 is 9.13 Å². The van der Waals surface area contributed by atoms with Crippen molar-refractivity contribution in [2.24, 2.45) is 0 Å². The van der Waals surface area contributed by atoms with Crippen LogP contribution in [-0.4, -0.2) is 7.11 Å². The summed E-state index contributed by atoms with van der Waals surface area (Å²) in [6.45, 7) is 0.511. The summed E-state index contributed by atoms with van der Waals surface area (Å²) in [4.78, 5) is 0. The van der Waals surface area contributed by atoms with Gasteiger partial charge in [-0.2, -0.15) is 0 Å². The highest BCUT2D eigenvalue weighted by atomic mass is 19.1. The first-order chi connectivity index (χ1) is 8.69. The maximum atomic E-state index is 13.0. The molecule has 0 saturated carbocycles. The van der Waals surface area contributed by atoms with E-state index in [1.165, 1.54) is 12.1 Å². The molecule has 0 amide bonds. The summed E-state index contributed by atoms with van der Waals surface area (Å²) in [7, 11) is 1.60. The van der Waals surface area contributed by atoms with Crippen LogP contribution in [-0.2, 0) is 6.54 Å². The predicted molar refractivity (Wildman–Crippen MR) is 71.1 cm³/mol. The molecule has 0 aliphatic carbocycles. The summed E-state index contributed by atoms with van der Waals surface area (Å²) in [5.41, 5.74) is 8.02. The zero-order valence-electron chi connectivity index (χ0n) is 10.1. The Morgan fingerprint density at radius 1 is 1.22 bits per heavy atom. The SMILES string of the molecule is COc1ccc(N)cc1NCc1cccc(F)c1. The average Bonchev–Trinajstić information content (AvgIpc) is 2.37. The lowest BCUT2D eigenvalue weighted by Gasteiger charge is -2.12. The molecular formula is C14H15FN2O. The van der Waals surface area contributed by atoms with Gasteiger partial charge >= 0.3 is 0 Å². The van der Waals surface area contributed by atoms with Crippen molar-refractivity contribution in [3.63, 3.8) is 0 Å². The van der Waals surface area contributed by atoms with Gasteiger partial charge in [-0.05, 0) is 35.9 Å². The van der Waals surface area contributed by atoms with Crippen molar-refractivity contribution in [1.29, 1.82) is 0 Å². The minimum absolute atomic E-state index is 0.242. The van der Waals surface area contributed by atoms with Gasteiger partial charge in [0.2, 0.25) is 0 Å². The van der Waals surface area contributed by atoms with Crippen molar-refractivity contribution in [2.75, 3.05) is 18.2 Å². The van der Waals surface area contributed by atoms with E-state index in [1.807, 2.05) is 6.07 Å². The van der Waals surface area contributed by atoms with Crippen LogP contribution in [0.5, 0.6) is 5.75 Å². The second-order valence-corrected chi connectivity index (χ2v) is 3.94. The molecule has 0 aliphatic heterocycles. The molecular weight excluding hydrogens is 231 g/mol. The number of methoxy groups -OCH3 is 1. The lowest BCUT2D eigenvalue weighted by Crippen LogP contribution is -2.02. The van der Waals surface area contributed by atoms with Gasteiger partial charge < -0.3 is 15.8 Å². The Morgan fingerprint density at radius 2 is 2.06 bits per heavy atom. The van der Waals surface area contributed by atoms with Crippen molar-refractivity contribution >= 4 is 11.4 Å². The first-order valence-corrected chi connectivity index (χ1v) is 5.61. The van der Waals surface area contributed by atoms with Crippen LogP contribution in [0.4, 0.5) is 15.8 Å². The number of nitrogen functional groups attached to an aromatic ring is 1. The van der Waals surface area contributed by atoms with Crippen LogP contribution >= 0.6 is 0 Å². The van der Waals surface area contributed by atoms with Crippen molar-refractivity contribution in [2.45, 2.75) is 6.54 Å². The minimum Gasteiger partial charge on any atom is -0.495 e. The Balaban J connectivity index is 2.12. The number of halogens is 1. The normalized spacial score (nSPS) is 10.1. The minimum atomic E-state index is -0.242. The number of anilines is 2. The molecule has 0 heterocycles. The lowest BCUT2D eigenvalue weighted by atomic mass is 10.2. The average molecular weight is 246 g/mol. The maximum absolute atomic E-state index is 13.0. The quantitative estimate of drug-likeness (QED) is 0.815. The molecule has 2 aromatic rings. The predicted octanol–water partition coefficient (Wildman–Crippen LogP) is 3.03. The molecule has 2 aromatic carbocycles. The van der Waals surface area contributed by atoms with E-state index < -0.39 is 0 Å². The third kappa shape index (κ3) is 2.91. The number of hydrogen-bond donors (Lipinski definition) is 2. The summed E-state index contributed by atoms with van der Waals surface area (Å²) in [6.07, 6.45) is 0. The molecule has 3 nitrogen and oxygen atoms in total. The van der Waals surface area contributed by atoms with Crippen molar-refractivity contribution in [3.8, 4) is 5.75 Å². The molecule has 0 bridgehead atoms. The number of hydrogen-bond acceptors (Lipinski definition) is 3. The molecule has 0 fully saturated rings. The van der Waals surface area contributed by atoms with Gasteiger partial charge in [-0.15, -0.1) is 0 Å². The van der Waals surface area contributed by atoms with Gasteiger partial charge in [0.1, 0.15) is 11.6 Å². The van der Waals surface area contributed by atoms with Gasteiger partial charge in [-0.3, -0.25) is 0 Å². The number of benzene rings is 2. The molecule has 4 heteroatoms. The summed E-state index contributed by atoms with van der Waals surface area (Å²) >= 11 is 0. The topological polar surface area (TPSA) is 47.3 Å². The van der Waals surface area contributed by atoms with Crippen LogP contribution < -0.4 is 15.8 Å². The highest BCUT2D eigenvalue weighted by Crippen LogP contribution is 2.26. The standard InChI is InChI=1S/C14H15FN2O/c1-18-14-6-5-12(16)8-13(14)17-9-10-3-2-4-11(15)7-10/h2-8,17H,9,16H2,1H3. The van der Waals surface area contributed by atoms with E-state index in [0.717, 1.165) is 11.3 Å². The largest absolute Gasteiger partial charge is 0.495 e. The van der Waals surface area contributed by atoms with Crippen LogP contribution in [0.1, 0.15) is 5.56 Å². The Morgan fingerprint density at radius 3 is 2.78 bits per heavy atom. The number of ether oxygens (including phenoxy) is 1. The Hall–Kier alpha value is -2.23. The second kappa shape index (κ2) is 5.40. The van der Waals surface area contributed by atoms with E-state index in [1.54, 1.807) is 31.4 Å². The van der Waals surface area contributed by atoms with E-state index in [-0.39, 0.29) is 5.82 Å². The Kier molecular flexibility index (Phi) is 3.67. The zero-order chi connectivity index (χ0) is 13.0. The van der Waals surface area contributed by atoms with Crippen LogP contribution in [0, 0.1) is 5.82 Å². The molecule has 0 atom stereocenters. The van der Waals surface area contributed by atoms with Gasteiger partial charge in [0.25, 0.3) is 0 Å². The first-order valence-electron chi connectivity index (χ1n) is 5.61. The summed E-state index contributed by atoms with van der Waals surface area (Å²) in [5.74, 6) is 0.467. The molecule has 94 valence electrons. The van der Waals surface area contributed by atoms with Gasteiger partial charge in [-0.25, -0.2) is 4.39 Å². The summed E-state index contributed by atoms with van der Waals surface area (Å²) in [6, 6.07) is 11.8. The summed E-state index contributed by atoms with van der Waals surface area (Å²) < 4.78 is 18.3. The van der Waals surface area contributed by atoms with E-state index >= 15 is 0 Å². The van der Waals surface area contributed by atoms with Gasteiger partial charge in [0, 0.05) is 12.2 Å². The van der Waals surface area contributed by atoms with Gasteiger partial charge in [0.05, 0.1) is 12.8 Å². The molecule has 18 heavy (non-hydrogen) atoms. The molecule has 0 spiro atoms. The second-order valence-electron chi connectivity index (χ2n) is 3.94. The first kappa shape index (κ1) is 12.2. The maximum Gasteiger partial charge on any atom is 0.142 e. The summed E-state index contributed by atoms with van der Waals surface area (Å²) in [5, 5.41) is 3.18. The third-order valence-corrected chi connectivity index (χ3v) is 2.60. The smallest absolute Gasteiger partial charge is 0.142 e. The van der Waals surface area contributed by atoms with Crippen LogP contribution in [0.3, 0.4) is 0 Å². The fourth-order valence-corrected chi connectivity index (χ4v) is 1.71. The van der Waals surface area contributed by atoms with Crippen LogP contribution in [0.15, 0.2) is 42.5 Å².